The van der Waals surface area contributed by atoms with Crippen molar-refractivity contribution in [1.82, 2.24) is 38.7 Å². The first-order valence-electron chi connectivity index (χ1n) is 22.2. The highest BCUT2D eigenvalue weighted by atomic mass is 19.3. The lowest BCUT2D eigenvalue weighted by molar-refractivity contribution is -0.132. The number of halogens is 2. The van der Waals surface area contributed by atoms with Crippen LogP contribution >= 0.6 is 0 Å². The van der Waals surface area contributed by atoms with E-state index in [1.807, 2.05) is 18.2 Å². The van der Waals surface area contributed by atoms with Crippen molar-refractivity contribution in [1.29, 1.82) is 0 Å². The van der Waals surface area contributed by atoms with E-state index in [9.17, 15) is 28.0 Å². The number of anilines is 1. The molecule has 1 saturated heterocycles. The molecule has 0 spiro atoms. The standard InChI is InChI=1S/C46H55F2N9O5/c1-53(33-17-20-55(21-18-33)25-31-4-3-5-39-42(31)54(2)46(61)57(39)38-15-14-35(58)23-40(38)59)24-29-9-12-34(13-10-29)56-26-36(41(52-56)43(47)48)50-44(60)37-27-62-45(51-37)30-16-19-49-32(22-30)11-8-28-6-7-28/h3-5,16,19,22,26-29,33-34,38,43H,6-15,17-18,20-21,23-25H2,1-2H3,(H,50,60)/t29?,34?,38-/m1/s1. The molecule has 3 aliphatic carbocycles. The summed E-state index contributed by atoms with van der Waals surface area (Å²) in [5.74, 6) is 0.636. The first-order chi connectivity index (χ1) is 30.0. The van der Waals surface area contributed by atoms with Crippen LogP contribution in [0.25, 0.3) is 22.5 Å². The van der Waals surface area contributed by atoms with Gasteiger partial charge in [-0.1, -0.05) is 25.0 Å². The lowest BCUT2D eigenvalue weighted by atomic mass is 9.85. The quantitative estimate of drug-likeness (QED) is 0.113. The minimum atomic E-state index is -2.86. The molecule has 4 fully saturated rings. The molecule has 1 aliphatic heterocycles. The Morgan fingerprint density at radius 2 is 1.77 bits per heavy atom. The number of ketones is 2. The molecule has 4 aromatic heterocycles. The van der Waals surface area contributed by atoms with Crippen LogP contribution in [-0.2, 0) is 29.6 Å². The Hall–Kier alpha value is -5.35. The third-order valence-corrected chi connectivity index (χ3v) is 13.8. The second-order valence-corrected chi connectivity index (χ2v) is 18.1. The lowest BCUT2D eigenvalue weighted by Crippen LogP contribution is -2.44. The number of alkyl halides is 2. The van der Waals surface area contributed by atoms with Gasteiger partial charge >= 0.3 is 5.69 Å². The van der Waals surface area contributed by atoms with Gasteiger partial charge < -0.3 is 14.6 Å². The molecule has 5 heterocycles. The number of nitrogens with one attached hydrogen (secondary N) is 1. The van der Waals surface area contributed by atoms with Gasteiger partial charge in [-0.2, -0.15) is 5.10 Å². The minimum Gasteiger partial charge on any atom is -0.444 e. The number of para-hydroxylation sites is 1. The van der Waals surface area contributed by atoms with Gasteiger partial charge in [-0.3, -0.25) is 38.1 Å². The molecule has 0 bridgehead atoms. The minimum absolute atomic E-state index is 0.00791. The number of likely N-dealkylation sites (tertiary alicyclic amines) is 1. The summed E-state index contributed by atoms with van der Waals surface area (Å²) in [4.78, 5) is 65.1. The normalized spacial score (nSPS) is 21.7. The van der Waals surface area contributed by atoms with E-state index < -0.39 is 24.1 Å². The topological polar surface area (TPSA) is 153 Å². The molecule has 1 amide bonds. The second-order valence-electron chi connectivity index (χ2n) is 18.1. The summed E-state index contributed by atoms with van der Waals surface area (Å²) in [6.45, 7) is 3.50. The fourth-order valence-corrected chi connectivity index (χ4v) is 10.0. The smallest absolute Gasteiger partial charge is 0.329 e. The maximum Gasteiger partial charge on any atom is 0.329 e. The predicted octanol–water partition coefficient (Wildman–Crippen LogP) is 7.31. The molecule has 16 heteroatoms. The Bertz CT molecular complexity index is 2500. The number of aromatic nitrogens is 6. The van der Waals surface area contributed by atoms with Gasteiger partial charge in [-0.05, 0) is 114 Å². The largest absolute Gasteiger partial charge is 0.444 e. The average molecular weight is 852 g/mol. The number of piperidine rings is 1. The van der Waals surface area contributed by atoms with Gasteiger partial charge in [0.15, 0.2) is 17.2 Å². The third-order valence-electron chi connectivity index (χ3n) is 13.8. The van der Waals surface area contributed by atoms with E-state index >= 15 is 0 Å². The van der Waals surface area contributed by atoms with Crippen LogP contribution in [-0.4, -0.2) is 88.9 Å². The maximum atomic E-state index is 14.2. The molecule has 1 N–H and O–H groups in total. The summed E-state index contributed by atoms with van der Waals surface area (Å²) in [7, 11) is 3.96. The number of nitrogens with zero attached hydrogens (tertiary/aromatic N) is 8. The number of imidazole rings is 1. The third kappa shape index (κ3) is 8.94. The van der Waals surface area contributed by atoms with Gasteiger partial charge in [0.1, 0.15) is 12.0 Å². The molecule has 14 nitrogen and oxygen atoms in total. The van der Waals surface area contributed by atoms with Gasteiger partial charge in [-0.25, -0.2) is 18.6 Å². The van der Waals surface area contributed by atoms with Gasteiger partial charge in [0.05, 0.1) is 35.2 Å². The number of carbonyl (C=O) groups is 3. The van der Waals surface area contributed by atoms with Crippen LogP contribution < -0.4 is 11.0 Å². The number of oxazole rings is 1. The number of amides is 1. The van der Waals surface area contributed by atoms with Crippen molar-refractivity contribution in [3.05, 3.63) is 82.1 Å². The van der Waals surface area contributed by atoms with Crippen molar-refractivity contribution in [3.8, 4) is 11.5 Å². The van der Waals surface area contributed by atoms with Gasteiger partial charge in [0, 0.05) is 56.3 Å². The molecule has 1 aromatic carbocycles. The number of Topliss-reactive ketones (excluding diaryl/α,β-unsaturated/α-hetero) is 2. The van der Waals surface area contributed by atoms with Crippen molar-refractivity contribution in [2.45, 2.75) is 115 Å². The number of rotatable bonds is 14. The molecule has 62 heavy (non-hydrogen) atoms. The molecule has 1 atom stereocenters. The highest BCUT2D eigenvalue weighted by Gasteiger charge is 2.33. The lowest BCUT2D eigenvalue weighted by Gasteiger charge is -2.39. The summed E-state index contributed by atoms with van der Waals surface area (Å²) < 4.78 is 38.9. The highest BCUT2D eigenvalue weighted by Crippen LogP contribution is 2.37. The van der Waals surface area contributed by atoms with E-state index in [0.717, 1.165) is 99.2 Å². The molecule has 5 aromatic rings. The van der Waals surface area contributed by atoms with Crippen molar-refractivity contribution in [2.75, 3.05) is 32.0 Å². The van der Waals surface area contributed by atoms with Crippen LogP contribution in [0.4, 0.5) is 14.5 Å². The molecule has 0 unspecified atom stereocenters. The van der Waals surface area contributed by atoms with Crippen LogP contribution in [0.15, 0.2) is 58.2 Å². The molecule has 4 aliphatic rings. The van der Waals surface area contributed by atoms with E-state index in [4.69, 9.17) is 4.42 Å². The second kappa shape index (κ2) is 17.8. The Morgan fingerprint density at radius 3 is 2.52 bits per heavy atom. The monoisotopic (exact) mass is 851 g/mol. The van der Waals surface area contributed by atoms with Crippen molar-refractivity contribution in [3.63, 3.8) is 0 Å². The predicted molar refractivity (Wildman–Crippen MR) is 228 cm³/mol. The Labute approximate surface area is 358 Å². The van der Waals surface area contributed by atoms with Crippen LogP contribution in [0.5, 0.6) is 0 Å². The molecule has 3 saturated carbocycles. The van der Waals surface area contributed by atoms with E-state index in [1.54, 1.807) is 33.1 Å². The molecular formula is C46H55F2N9O5. The number of fused-ring (bicyclic) bond motifs is 1. The van der Waals surface area contributed by atoms with Gasteiger partial charge in [0.2, 0.25) is 5.89 Å². The summed E-state index contributed by atoms with van der Waals surface area (Å²) in [5, 5.41) is 6.89. The van der Waals surface area contributed by atoms with Crippen molar-refractivity contribution >= 4 is 34.2 Å². The number of hydrogen-bond acceptors (Lipinski definition) is 10. The van der Waals surface area contributed by atoms with Gasteiger partial charge in [0.25, 0.3) is 12.3 Å². The Kier molecular flexibility index (Phi) is 12.0. The summed E-state index contributed by atoms with van der Waals surface area (Å²) in [6.07, 6.45) is 12.2. The zero-order valence-electron chi connectivity index (χ0n) is 35.5. The summed E-state index contributed by atoms with van der Waals surface area (Å²) in [5.41, 5.74) is 3.56. The first kappa shape index (κ1) is 42.0. The number of hydrogen-bond donors (Lipinski definition) is 1. The first-order valence-corrected chi connectivity index (χ1v) is 22.2. The van der Waals surface area contributed by atoms with E-state index in [1.165, 1.54) is 25.3 Å². The van der Waals surface area contributed by atoms with Crippen LogP contribution in [0.3, 0.4) is 0 Å². The molecule has 328 valence electrons. The van der Waals surface area contributed by atoms with E-state index in [2.05, 4.69) is 43.3 Å². The van der Waals surface area contributed by atoms with Crippen LogP contribution in [0.1, 0.15) is 123 Å². The SMILES string of the molecule is CN(CC1CCC(n2cc(NC(=O)c3coc(-c4ccnc(CCC5CC5)c4)n3)c(C(F)F)n2)CC1)C1CCN(Cc2cccc3c2n(C)c(=O)n3[C@@H]2CCC(=O)CC2=O)CC1. The zero-order valence-corrected chi connectivity index (χ0v) is 35.5. The molecular weight excluding hydrogens is 797 g/mol. The number of benzene rings is 1. The fourth-order valence-electron chi connectivity index (χ4n) is 10.0. The van der Waals surface area contributed by atoms with Crippen LogP contribution in [0.2, 0.25) is 0 Å². The number of aryl methyl sites for hydroxylation is 2. The van der Waals surface area contributed by atoms with Gasteiger partial charge in [-0.15, -0.1) is 0 Å². The highest BCUT2D eigenvalue weighted by molar-refractivity contribution is 6.04. The molecule has 0 radical (unpaired) electrons. The maximum absolute atomic E-state index is 14.2. The summed E-state index contributed by atoms with van der Waals surface area (Å²) >= 11 is 0. The van der Waals surface area contributed by atoms with Crippen molar-refractivity contribution < 1.29 is 27.6 Å². The molecule has 9 rings (SSSR count). The zero-order chi connectivity index (χ0) is 43.1. The Morgan fingerprint density at radius 1 is 1.00 bits per heavy atom. The van der Waals surface area contributed by atoms with Crippen LogP contribution in [0, 0.1) is 11.8 Å². The number of pyridine rings is 1. The summed E-state index contributed by atoms with van der Waals surface area (Å²) in [6, 6.07) is 9.39. The van der Waals surface area contributed by atoms with Crippen molar-refractivity contribution in [2.24, 2.45) is 18.9 Å². The fraction of sp³-hybridized carbons (Fsp3) is 0.543. The van der Waals surface area contributed by atoms with E-state index in [0.29, 0.717) is 36.9 Å². The average Bonchev–Trinajstić information content (AvgIpc) is 3.67. The Balaban J connectivity index is 0.760. The van der Waals surface area contributed by atoms with E-state index in [-0.39, 0.29) is 47.0 Å². The number of carbonyl (C=O) groups excluding carboxylic acids is 3.